The minimum absolute atomic E-state index is 0.220. The number of hydrogen-bond donors (Lipinski definition) is 1. The van der Waals surface area contributed by atoms with Crippen molar-refractivity contribution in [2.75, 3.05) is 0 Å². The molecule has 16 heavy (non-hydrogen) atoms. The van der Waals surface area contributed by atoms with E-state index in [4.69, 9.17) is 0 Å². The number of aliphatic hydroxyl groups is 1. The Hall–Kier alpha value is -0.410. The van der Waals surface area contributed by atoms with Crippen LogP contribution in [0, 0.1) is 12.8 Å². The summed E-state index contributed by atoms with van der Waals surface area (Å²) in [6.45, 7) is 6.36. The normalized spacial score (nSPS) is 15.0. The number of rotatable bonds is 7. The van der Waals surface area contributed by atoms with Crippen molar-refractivity contribution in [2.45, 2.75) is 59.0 Å². The fraction of sp³-hybridized carbons (Fsp3) is 0.769. The Bertz CT molecular complexity index is 298. The van der Waals surface area contributed by atoms with Crippen molar-refractivity contribution < 1.29 is 5.11 Å². The summed E-state index contributed by atoms with van der Waals surface area (Å²) in [5.74, 6) is 0.434. The van der Waals surface area contributed by atoms with Crippen LogP contribution in [0.3, 0.4) is 0 Å². The molecule has 2 atom stereocenters. The molecule has 0 aliphatic carbocycles. The van der Waals surface area contributed by atoms with Gasteiger partial charge in [-0.1, -0.05) is 33.1 Å². The second-order valence-electron chi connectivity index (χ2n) is 4.46. The lowest BCUT2D eigenvalue weighted by Crippen LogP contribution is -2.22. The van der Waals surface area contributed by atoms with E-state index in [0.29, 0.717) is 5.92 Å². The molecule has 1 aromatic rings. The predicted molar refractivity (Wildman–Crippen MR) is 69.9 cm³/mol. The minimum Gasteiger partial charge on any atom is -0.392 e. The summed E-state index contributed by atoms with van der Waals surface area (Å²) in [7, 11) is 0. The van der Waals surface area contributed by atoms with Gasteiger partial charge in [0.15, 0.2) is 0 Å². The maximum Gasteiger partial charge on any atom is 0.0954 e. The third-order valence-corrected chi connectivity index (χ3v) is 4.04. The van der Waals surface area contributed by atoms with E-state index in [0.717, 1.165) is 30.0 Å². The van der Waals surface area contributed by atoms with Crippen molar-refractivity contribution in [2.24, 2.45) is 5.92 Å². The zero-order valence-electron chi connectivity index (χ0n) is 10.6. The van der Waals surface area contributed by atoms with E-state index in [1.54, 1.807) is 11.3 Å². The summed E-state index contributed by atoms with van der Waals surface area (Å²) in [6.07, 6.45) is 5.12. The summed E-state index contributed by atoms with van der Waals surface area (Å²) >= 11 is 1.66. The zero-order chi connectivity index (χ0) is 12.0. The Morgan fingerprint density at radius 1 is 1.44 bits per heavy atom. The maximum atomic E-state index is 10.2. The summed E-state index contributed by atoms with van der Waals surface area (Å²) in [6, 6.07) is 0. The van der Waals surface area contributed by atoms with Crippen LogP contribution < -0.4 is 0 Å². The van der Waals surface area contributed by atoms with Gasteiger partial charge in [-0.2, -0.15) is 0 Å². The second-order valence-corrected chi connectivity index (χ2v) is 5.41. The van der Waals surface area contributed by atoms with Gasteiger partial charge >= 0.3 is 0 Å². The second kappa shape index (κ2) is 7.02. The Labute approximate surface area is 103 Å². The van der Waals surface area contributed by atoms with E-state index < -0.39 is 0 Å². The van der Waals surface area contributed by atoms with E-state index in [-0.39, 0.29) is 6.10 Å². The minimum atomic E-state index is -0.220. The average molecular weight is 241 g/mol. The molecular weight excluding hydrogens is 218 g/mol. The molecule has 0 radical (unpaired) electrons. The molecule has 1 aromatic heterocycles. The van der Waals surface area contributed by atoms with Crippen molar-refractivity contribution in [1.29, 1.82) is 0 Å². The molecule has 0 saturated heterocycles. The third kappa shape index (κ3) is 4.22. The predicted octanol–water partition coefficient (Wildman–Crippen LogP) is 3.57. The quantitative estimate of drug-likeness (QED) is 0.791. The molecule has 2 unspecified atom stereocenters. The van der Waals surface area contributed by atoms with Crippen LogP contribution in [-0.4, -0.2) is 16.2 Å². The standard InChI is InChI=1S/C13H23NOS/c1-4-6-7-11(5-2)12(15)8-13-14-10(3)9-16-13/h9,11-12,15H,4-8H2,1-3H3. The lowest BCUT2D eigenvalue weighted by atomic mass is 9.92. The topological polar surface area (TPSA) is 33.1 Å². The van der Waals surface area contributed by atoms with Crippen molar-refractivity contribution >= 4 is 11.3 Å². The van der Waals surface area contributed by atoms with Gasteiger partial charge in [0.25, 0.3) is 0 Å². The summed E-state index contributed by atoms with van der Waals surface area (Å²) < 4.78 is 0. The summed E-state index contributed by atoms with van der Waals surface area (Å²) in [5, 5.41) is 13.3. The highest BCUT2D eigenvalue weighted by molar-refractivity contribution is 7.09. The van der Waals surface area contributed by atoms with Crippen LogP contribution in [0.2, 0.25) is 0 Å². The van der Waals surface area contributed by atoms with Crippen LogP contribution in [-0.2, 0) is 6.42 Å². The van der Waals surface area contributed by atoms with E-state index in [2.05, 4.69) is 24.2 Å². The molecule has 0 aliphatic rings. The molecule has 0 aliphatic heterocycles. The SMILES string of the molecule is CCCCC(CC)C(O)Cc1nc(C)cs1. The number of nitrogens with zero attached hydrogens (tertiary/aromatic N) is 1. The van der Waals surface area contributed by atoms with Gasteiger partial charge in [0, 0.05) is 17.5 Å². The van der Waals surface area contributed by atoms with Crippen LogP contribution >= 0.6 is 11.3 Å². The molecule has 0 fully saturated rings. The molecule has 0 saturated carbocycles. The fourth-order valence-corrected chi connectivity index (χ4v) is 2.80. The Balaban J connectivity index is 2.45. The van der Waals surface area contributed by atoms with E-state index in [9.17, 15) is 5.11 Å². The van der Waals surface area contributed by atoms with Gasteiger partial charge < -0.3 is 5.11 Å². The maximum absolute atomic E-state index is 10.2. The smallest absolute Gasteiger partial charge is 0.0954 e. The number of aryl methyl sites for hydroxylation is 1. The lowest BCUT2D eigenvalue weighted by Gasteiger charge is -2.20. The van der Waals surface area contributed by atoms with Gasteiger partial charge in [-0.25, -0.2) is 4.98 Å². The first kappa shape index (κ1) is 13.7. The van der Waals surface area contributed by atoms with Crippen molar-refractivity contribution in [1.82, 2.24) is 4.98 Å². The van der Waals surface area contributed by atoms with Crippen molar-refractivity contribution in [3.05, 3.63) is 16.1 Å². The van der Waals surface area contributed by atoms with Gasteiger partial charge in [0.05, 0.1) is 11.1 Å². The van der Waals surface area contributed by atoms with Gasteiger partial charge in [0.1, 0.15) is 0 Å². The fourth-order valence-electron chi connectivity index (χ4n) is 1.98. The molecule has 0 spiro atoms. The number of aliphatic hydroxyl groups excluding tert-OH is 1. The number of unbranched alkanes of at least 4 members (excludes halogenated alkanes) is 1. The molecule has 92 valence electrons. The Kier molecular flexibility index (Phi) is 5.99. The molecule has 0 aromatic carbocycles. The molecular formula is C13H23NOS. The van der Waals surface area contributed by atoms with Gasteiger partial charge in [0.2, 0.25) is 0 Å². The average Bonchev–Trinajstić information content (AvgIpc) is 2.65. The Morgan fingerprint density at radius 3 is 2.69 bits per heavy atom. The molecule has 0 amide bonds. The zero-order valence-corrected chi connectivity index (χ0v) is 11.4. The monoisotopic (exact) mass is 241 g/mol. The van der Waals surface area contributed by atoms with Crippen LogP contribution in [0.25, 0.3) is 0 Å². The number of aromatic nitrogens is 1. The molecule has 3 heteroatoms. The molecule has 1 rings (SSSR count). The molecule has 1 heterocycles. The van der Waals surface area contributed by atoms with Crippen LogP contribution in [0.15, 0.2) is 5.38 Å². The highest BCUT2D eigenvalue weighted by atomic mass is 32.1. The Morgan fingerprint density at radius 2 is 2.19 bits per heavy atom. The van der Waals surface area contributed by atoms with Gasteiger partial charge in [-0.3, -0.25) is 0 Å². The molecule has 1 N–H and O–H groups in total. The van der Waals surface area contributed by atoms with Crippen LogP contribution in [0.4, 0.5) is 0 Å². The first-order chi connectivity index (χ1) is 7.67. The van der Waals surface area contributed by atoms with Crippen LogP contribution in [0.5, 0.6) is 0 Å². The van der Waals surface area contributed by atoms with E-state index >= 15 is 0 Å². The third-order valence-electron chi connectivity index (χ3n) is 3.05. The van der Waals surface area contributed by atoms with Crippen LogP contribution in [0.1, 0.15) is 50.2 Å². The number of thiazole rings is 1. The van der Waals surface area contributed by atoms with Gasteiger partial charge in [-0.15, -0.1) is 11.3 Å². The molecule has 0 bridgehead atoms. The molecule has 2 nitrogen and oxygen atoms in total. The van der Waals surface area contributed by atoms with Crippen molar-refractivity contribution in [3.63, 3.8) is 0 Å². The van der Waals surface area contributed by atoms with E-state index in [1.165, 1.54) is 12.8 Å². The van der Waals surface area contributed by atoms with Gasteiger partial charge in [-0.05, 0) is 19.3 Å². The highest BCUT2D eigenvalue weighted by Gasteiger charge is 2.18. The number of hydrogen-bond acceptors (Lipinski definition) is 3. The first-order valence-electron chi connectivity index (χ1n) is 6.26. The highest BCUT2D eigenvalue weighted by Crippen LogP contribution is 2.21. The first-order valence-corrected chi connectivity index (χ1v) is 7.14. The summed E-state index contributed by atoms with van der Waals surface area (Å²) in [4.78, 5) is 4.41. The summed E-state index contributed by atoms with van der Waals surface area (Å²) in [5.41, 5.74) is 1.06. The van der Waals surface area contributed by atoms with E-state index in [1.807, 2.05) is 6.92 Å². The van der Waals surface area contributed by atoms with Crippen molar-refractivity contribution in [3.8, 4) is 0 Å². The largest absolute Gasteiger partial charge is 0.392 e. The lowest BCUT2D eigenvalue weighted by molar-refractivity contribution is 0.0986.